The number of esters is 1. The molecular weight excluding hydrogens is 414 g/mol. The molecule has 3 N–H and O–H groups in total. The number of allylic oxidation sites excluding steroid dienone is 2. The van der Waals surface area contributed by atoms with Crippen LogP contribution in [0.2, 0.25) is 0 Å². The predicted molar refractivity (Wildman–Crippen MR) is 119 cm³/mol. The minimum Gasteiger partial charge on any atom is -0.492 e. The molecule has 0 aliphatic carbocycles. The molecule has 0 fully saturated rings. The lowest BCUT2D eigenvalue weighted by Gasteiger charge is -2.14. The first-order chi connectivity index (χ1) is 15.4. The van der Waals surface area contributed by atoms with Gasteiger partial charge in [0.2, 0.25) is 0 Å². The fourth-order valence-electron chi connectivity index (χ4n) is 2.87. The number of methoxy groups -OCH3 is 1. The number of ether oxygens (including phenoxy) is 3. The molecule has 0 bridgehead atoms. The number of carbonyl (C=O) groups excluding carboxylic acids is 2. The zero-order valence-electron chi connectivity index (χ0n) is 17.7. The van der Waals surface area contributed by atoms with Crippen LogP contribution in [0.25, 0.3) is 6.08 Å². The first-order valence-electron chi connectivity index (χ1n) is 9.75. The largest absolute Gasteiger partial charge is 0.492 e. The van der Waals surface area contributed by atoms with Crippen molar-refractivity contribution >= 4 is 23.8 Å². The van der Waals surface area contributed by atoms with Gasteiger partial charge in [-0.3, -0.25) is 4.79 Å². The number of rotatable bonds is 12. The van der Waals surface area contributed by atoms with Crippen LogP contribution in [0, 0.1) is 0 Å². The summed E-state index contributed by atoms with van der Waals surface area (Å²) in [5.41, 5.74) is 6.98. The second-order valence-electron chi connectivity index (χ2n) is 6.59. The van der Waals surface area contributed by atoms with E-state index in [0.717, 1.165) is 0 Å². The highest BCUT2D eigenvalue weighted by molar-refractivity contribution is 6.07. The Hall–Kier alpha value is -3.91. The average molecular weight is 439 g/mol. The van der Waals surface area contributed by atoms with Gasteiger partial charge in [0, 0.05) is 12.1 Å². The molecule has 0 amide bonds. The summed E-state index contributed by atoms with van der Waals surface area (Å²) in [4.78, 5) is 35.8. The van der Waals surface area contributed by atoms with Gasteiger partial charge in [0.15, 0.2) is 12.4 Å². The molecule has 2 aromatic carbocycles. The van der Waals surface area contributed by atoms with E-state index in [2.05, 4.69) is 6.58 Å². The molecule has 2 rings (SSSR count). The van der Waals surface area contributed by atoms with Crippen molar-refractivity contribution in [1.82, 2.24) is 0 Å². The van der Waals surface area contributed by atoms with Gasteiger partial charge in [-0.25, -0.2) is 9.59 Å². The molecule has 0 atom stereocenters. The highest BCUT2D eigenvalue weighted by Gasteiger charge is 2.19. The van der Waals surface area contributed by atoms with Crippen molar-refractivity contribution in [2.24, 2.45) is 5.73 Å². The lowest BCUT2D eigenvalue weighted by molar-refractivity contribution is -0.139. The molecule has 0 aliphatic heterocycles. The SMILES string of the molecule is C=CCc1cc(C=CC(=O)c2cccc(OCCN)c2)cc(C(=O)OC)c1OCC(=O)O. The molecule has 0 heterocycles. The first kappa shape index (κ1) is 24.4. The van der Waals surface area contributed by atoms with Crippen molar-refractivity contribution in [3.63, 3.8) is 0 Å². The molecule has 8 heteroatoms. The van der Waals surface area contributed by atoms with Crippen LogP contribution in [0.15, 0.2) is 55.1 Å². The number of ketones is 1. The van der Waals surface area contributed by atoms with Crippen molar-refractivity contribution in [2.45, 2.75) is 6.42 Å². The van der Waals surface area contributed by atoms with E-state index >= 15 is 0 Å². The molecule has 2 aromatic rings. The van der Waals surface area contributed by atoms with Gasteiger partial charge >= 0.3 is 11.9 Å². The molecule has 32 heavy (non-hydrogen) atoms. The van der Waals surface area contributed by atoms with Crippen LogP contribution in [-0.4, -0.2) is 49.7 Å². The number of carbonyl (C=O) groups is 3. The van der Waals surface area contributed by atoms with E-state index < -0.39 is 18.5 Å². The lowest BCUT2D eigenvalue weighted by Crippen LogP contribution is -2.14. The normalized spacial score (nSPS) is 10.6. The maximum Gasteiger partial charge on any atom is 0.341 e. The Morgan fingerprint density at radius 2 is 1.94 bits per heavy atom. The number of carboxylic acids is 1. The molecule has 8 nitrogen and oxygen atoms in total. The summed E-state index contributed by atoms with van der Waals surface area (Å²) in [5.74, 6) is -1.50. The standard InChI is InChI=1S/C24H25NO7/c1-3-5-18-12-16(13-20(24(29)30-2)23(18)32-15-22(27)28)8-9-21(26)17-6-4-7-19(14-17)31-11-10-25/h3-4,6-9,12-14H,1,5,10-11,15,25H2,2H3,(H,27,28). The van der Waals surface area contributed by atoms with E-state index in [1.165, 1.54) is 19.3 Å². The van der Waals surface area contributed by atoms with Crippen molar-refractivity contribution < 1.29 is 33.7 Å². The smallest absolute Gasteiger partial charge is 0.341 e. The molecule has 0 aliphatic rings. The second kappa shape index (κ2) is 12.1. The van der Waals surface area contributed by atoms with Crippen LogP contribution in [0.1, 0.15) is 31.8 Å². The fourth-order valence-corrected chi connectivity index (χ4v) is 2.87. The summed E-state index contributed by atoms with van der Waals surface area (Å²) in [7, 11) is 1.21. The third-order valence-corrected chi connectivity index (χ3v) is 4.23. The monoisotopic (exact) mass is 439 g/mol. The van der Waals surface area contributed by atoms with Crippen molar-refractivity contribution in [2.75, 3.05) is 26.9 Å². The summed E-state index contributed by atoms with van der Waals surface area (Å²) in [6.07, 6.45) is 4.83. The van der Waals surface area contributed by atoms with Crippen molar-refractivity contribution in [1.29, 1.82) is 0 Å². The number of carboxylic acid groups (broad SMARTS) is 1. The number of nitrogens with two attached hydrogens (primary N) is 1. The van der Waals surface area contributed by atoms with E-state index in [4.69, 9.17) is 25.1 Å². The minimum absolute atomic E-state index is 0.0531. The molecule has 0 aromatic heterocycles. The van der Waals surface area contributed by atoms with Gasteiger partial charge in [-0.05, 0) is 47.9 Å². The number of benzene rings is 2. The van der Waals surface area contributed by atoms with Gasteiger partial charge in [0.05, 0.1) is 7.11 Å². The highest BCUT2D eigenvalue weighted by Crippen LogP contribution is 2.29. The first-order valence-corrected chi connectivity index (χ1v) is 9.75. The van der Waals surface area contributed by atoms with Gasteiger partial charge in [-0.1, -0.05) is 24.3 Å². The van der Waals surface area contributed by atoms with Crippen molar-refractivity contribution in [3.8, 4) is 11.5 Å². The summed E-state index contributed by atoms with van der Waals surface area (Å²) >= 11 is 0. The van der Waals surface area contributed by atoms with E-state index in [0.29, 0.717) is 42.0 Å². The van der Waals surface area contributed by atoms with Crippen LogP contribution in [-0.2, 0) is 16.0 Å². The van der Waals surface area contributed by atoms with Crippen LogP contribution in [0.4, 0.5) is 0 Å². The van der Waals surface area contributed by atoms with Gasteiger partial charge in [-0.2, -0.15) is 0 Å². The molecule has 0 saturated heterocycles. The highest BCUT2D eigenvalue weighted by atomic mass is 16.5. The second-order valence-corrected chi connectivity index (χ2v) is 6.59. The van der Waals surface area contributed by atoms with Crippen molar-refractivity contribution in [3.05, 3.63) is 77.4 Å². The summed E-state index contributed by atoms with van der Waals surface area (Å²) in [5, 5.41) is 8.93. The van der Waals surface area contributed by atoms with Crippen LogP contribution in [0.5, 0.6) is 11.5 Å². The third-order valence-electron chi connectivity index (χ3n) is 4.23. The Kier molecular flexibility index (Phi) is 9.19. The van der Waals surface area contributed by atoms with Gasteiger partial charge in [0.25, 0.3) is 0 Å². The van der Waals surface area contributed by atoms with E-state index in [-0.39, 0.29) is 17.1 Å². The molecule has 0 spiro atoms. The lowest BCUT2D eigenvalue weighted by atomic mass is 10.00. The fraction of sp³-hybridized carbons (Fsp3) is 0.208. The zero-order valence-corrected chi connectivity index (χ0v) is 17.7. The van der Waals surface area contributed by atoms with Crippen LogP contribution >= 0.6 is 0 Å². The minimum atomic E-state index is -1.18. The number of hydrogen-bond acceptors (Lipinski definition) is 7. The van der Waals surface area contributed by atoms with E-state index in [1.807, 2.05) is 0 Å². The van der Waals surface area contributed by atoms with Crippen LogP contribution < -0.4 is 15.2 Å². The average Bonchev–Trinajstić information content (AvgIpc) is 2.79. The Morgan fingerprint density at radius 3 is 2.59 bits per heavy atom. The Morgan fingerprint density at radius 1 is 1.16 bits per heavy atom. The van der Waals surface area contributed by atoms with Crippen LogP contribution in [0.3, 0.4) is 0 Å². The quantitative estimate of drug-likeness (QED) is 0.224. The number of aliphatic carboxylic acids is 1. The Bertz CT molecular complexity index is 1030. The molecule has 0 radical (unpaired) electrons. The summed E-state index contributed by atoms with van der Waals surface area (Å²) < 4.78 is 15.6. The molecule has 0 saturated carbocycles. The summed E-state index contributed by atoms with van der Waals surface area (Å²) in [6, 6.07) is 9.88. The maximum absolute atomic E-state index is 12.6. The summed E-state index contributed by atoms with van der Waals surface area (Å²) in [6.45, 7) is 3.76. The predicted octanol–water partition coefficient (Wildman–Crippen LogP) is 2.90. The van der Waals surface area contributed by atoms with Gasteiger partial charge < -0.3 is 25.1 Å². The molecule has 0 unspecified atom stereocenters. The zero-order chi connectivity index (χ0) is 23.5. The molecule has 168 valence electrons. The third kappa shape index (κ3) is 6.82. The van der Waals surface area contributed by atoms with E-state index in [9.17, 15) is 14.4 Å². The maximum atomic E-state index is 12.6. The molecular formula is C24H25NO7. The Balaban J connectivity index is 2.37. The number of hydrogen-bond donors (Lipinski definition) is 2. The topological polar surface area (TPSA) is 125 Å². The van der Waals surface area contributed by atoms with Gasteiger partial charge in [-0.15, -0.1) is 6.58 Å². The van der Waals surface area contributed by atoms with Gasteiger partial charge in [0.1, 0.15) is 23.7 Å². The Labute approximate surface area is 185 Å². The van der Waals surface area contributed by atoms with E-state index in [1.54, 1.807) is 42.5 Å².